The van der Waals surface area contributed by atoms with Crippen LogP contribution in [0, 0.1) is 5.92 Å². The van der Waals surface area contributed by atoms with Crippen molar-refractivity contribution in [3.8, 4) is 5.88 Å². The number of amides is 1. The second kappa shape index (κ2) is 8.22. The molecule has 2 atom stereocenters. The van der Waals surface area contributed by atoms with Crippen molar-refractivity contribution in [2.75, 3.05) is 0 Å². The highest BCUT2D eigenvalue weighted by Gasteiger charge is 2.25. The van der Waals surface area contributed by atoms with Crippen molar-refractivity contribution in [2.45, 2.75) is 52.6 Å². The summed E-state index contributed by atoms with van der Waals surface area (Å²) >= 11 is 1.58. The zero-order valence-electron chi connectivity index (χ0n) is 18.8. The molecule has 0 unspecified atom stereocenters. The second-order valence-corrected chi connectivity index (χ2v) is 9.72. The van der Waals surface area contributed by atoms with Crippen LogP contribution >= 0.6 is 11.3 Å². The number of para-hydroxylation sites is 1. The van der Waals surface area contributed by atoms with Gasteiger partial charge < -0.3 is 9.67 Å². The predicted molar refractivity (Wildman–Crippen MR) is 129 cm³/mol. The third-order valence-corrected chi connectivity index (χ3v) is 7.66. The summed E-state index contributed by atoms with van der Waals surface area (Å²) < 4.78 is 3.05. The van der Waals surface area contributed by atoms with Gasteiger partial charge in [0.15, 0.2) is 5.69 Å². The molecule has 9 heteroatoms. The minimum atomic E-state index is -0.863. The molecule has 1 amide bonds. The van der Waals surface area contributed by atoms with E-state index in [0.717, 1.165) is 35.2 Å². The summed E-state index contributed by atoms with van der Waals surface area (Å²) in [7, 11) is 0. The number of aryl methyl sites for hydroxylation is 2. The lowest BCUT2D eigenvalue weighted by Gasteiger charge is -2.17. The van der Waals surface area contributed by atoms with E-state index < -0.39 is 11.9 Å². The van der Waals surface area contributed by atoms with Crippen LogP contribution in [0.25, 0.3) is 21.1 Å². The molecule has 4 aromatic rings. The molecule has 170 valence electrons. The maximum Gasteiger partial charge on any atom is 0.287 e. The lowest BCUT2D eigenvalue weighted by Crippen LogP contribution is -2.28. The Morgan fingerprint density at radius 1 is 1.36 bits per heavy atom. The molecule has 33 heavy (non-hydrogen) atoms. The third kappa shape index (κ3) is 3.47. The molecule has 1 aliphatic carbocycles. The van der Waals surface area contributed by atoms with E-state index in [0.29, 0.717) is 23.2 Å². The normalized spacial score (nSPS) is 17.1. The Bertz CT molecular complexity index is 1480. The number of aromatic hydroxyl groups is 1. The van der Waals surface area contributed by atoms with Gasteiger partial charge in [0.1, 0.15) is 10.9 Å². The molecule has 8 nitrogen and oxygen atoms in total. The minimum Gasteiger partial charge on any atom is -0.493 e. The molecule has 0 spiro atoms. The van der Waals surface area contributed by atoms with E-state index in [1.54, 1.807) is 22.8 Å². The van der Waals surface area contributed by atoms with Crippen LogP contribution in [0.4, 0.5) is 5.69 Å². The van der Waals surface area contributed by atoms with Gasteiger partial charge in [0, 0.05) is 16.8 Å². The summed E-state index contributed by atoms with van der Waals surface area (Å²) in [5.41, 5.74) is 1.93. The molecule has 0 saturated heterocycles. The SMILES string of the molecule is CCn1c(O)c(N=NC(=O)[C@@H](C)n2cnc3sc4c(c3c2=O)CC[C@H](C)C4)c2ccccc21. The number of rotatable bonds is 4. The summed E-state index contributed by atoms with van der Waals surface area (Å²) in [5, 5.41) is 19.9. The first-order chi connectivity index (χ1) is 15.9. The number of thiophene rings is 1. The number of azo groups is 1. The summed E-state index contributed by atoms with van der Waals surface area (Å²) in [6, 6.07) is 6.56. The van der Waals surface area contributed by atoms with E-state index in [4.69, 9.17) is 0 Å². The zero-order valence-corrected chi connectivity index (χ0v) is 19.6. The van der Waals surface area contributed by atoms with E-state index in [1.165, 1.54) is 15.8 Å². The van der Waals surface area contributed by atoms with E-state index >= 15 is 0 Å². The van der Waals surface area contributed by atoms with Gasteiger partial charge in [0.05, 0.1) is 17.2 Å². The first-order valence-electron chi connectivity index (χ1n) is 11.2. The first kappa shape index (κ1) is 21.5. The van der Waals surface area contributed by atoms with E-state index in [1.807, 2.05) is 31.2 Å². The van der Waals surface area contributed by atoms with Crippen LogP contribution < -0.4 is 5.56 Å². The largest absolute Gasteiger partial charge is 0.493 e. The molecule has 1 aromatic carbocycles. The molecule has 0 bridgehead atoms. The number of carbonyl (C=O) groups excluding carboxylic acids is 1. The fourth-order valence-electron chi connectivity index (χ4n) is 4.61. The molecular formula is C24H25N5O3S. The van der Waals surface area contributed by atoms with Gasteiger partial charge in [0.2, 0.25) is 5.88 Å². The number of hydrogen-bond acceptors (Lipinski definition) is 6. The number of carbonyl (C=O) groups is 1. The van der Waals surface area contributed by atoms with Gasteiger partial charge in [-0.3, -0.25) is 14.2 Å². The molecule has 0 aliphatic heterocycles. The van der Waals surface area contributed by atoms with Gasteiger partial charge >= 0.3 is 0 Å². The smallest absolute Gasteiger partial charge is 0.287 e. The Hall–Kier alpha value is -3.33. The Balaban J connectivity index is 1.49. The topological polar surface area (TPSA) is 102 Å². The van der Waals surface area contributed by atoms with Gasteiger partial charge in [-0.05, 0) is 50.7 Å². The number of benzene rings is 1. The van der Waals surface area contributed by atoms with Crippen molar-refractivity contribution in [1.29, 1.82) is 0 Å². The van der Waals surface area contributed by atoms with Gasteiger partial charge in [-0.1, -0.05) is 25.1 Å². The average Bonchev–Trinajstić information content (AvgIpc) is 3.31. The molecule has 1 N–H and O–H groups in total. The lowest BCUT2D eigenvalue weighted by molar-refractivity contribution is -0.121. The average molecular weight is 464 g/mol. The highest BCUT2D eigenvalue weighted by Crippen LogP contribution is 2.39. The Morgan fingerprint density at radius 2 is 2.15 bits per heavy atom. The van der Waals surface area contributed by atoms with Crippen LogP contribution in [-0.4, -0.2) is 25.1 Å². The Kier molecular flexibility index (Phi) is 5.36. The molecule has 3 heterocycles. The molecule has 5 rings (SSSR count). The third-order valence-electron chi connectivity index (χ3n) is 6.50. The molecule has 0 saturated carbocycles. The van der Waals surface area contributed by atoms with Crippen molar-refractivity contribution >= 4 is 44.1 Å². The predicted octanol–water partition coefficient (Wildman–Crippen LogP) is 5.13. The van der Waals surface area contributed by atoms with Gasteiger partial charge in [-0.25, -0.2) is 4.98 Å². The standard InChI is InChI=1S/C24H25N5O3S/c1-4-28-17-8-6-5-7-15(17)20(24(28)32)26-27-21(30)14(3)29-12-25-22-19(23(29)31)16-10-9-13(2)11-18(16)33-22/h5-8,12-14,32H,4,9-11H2,1-3H3/t13-,14+/m0/s1. The molecule has 3 aromatic heterocycles. The van der Waals surface area contributed by atoms with Crippen LogP contribution in [0.5, 0.6) is 5.88 Å². The van der Waals surface area contributed by atoms with Crippen LogP contribution in [0.2, 0.25) is 0 Å². The lowest BCUT2D eigenvalue weighted by atomic mass is 9.89. The fourth-order valence-corrected chi connectivity index (χ4v) is 5.95. The molecular weight excluding hydrogens is 438 g/mol. The Labute approximate surface area is 194 Å². The van der Waals surface area contributed by atoms with Gasteiger partial charge in [-0.15, -0.1) is 21.6 Å². The number of aromatic nitrogens is 3. The van der Waals surface area contributed by atoms with Gasteiger partial charge in [0.25, 0.3) is 11.5 Å². The van der Waals surface area contributed by atoms with Crippen molar-refractivity contribution in [1.82, 2.24) is 14.1 Å². The maximum absolute atomic E-state index is 13.3. The van der Waals surface area contributed by atoms with Crippen molar-refractivity contribution < 1.29 is 9.90 Å². The van der Waals surface area contributed by atoms with Crippen molar-refractivity contribution in [2.24, 2.45) is 16.1 Å². The number of nitrogens with zero attached hydrogens (tertiary/aromatic N) is 5. The van der Waals surface area contributed by atoms with Crippen LogP contribution in [0.3, 0.4) is 0 Å². The number of fused-ring (bicyclic) bond motifs is 4. The van der Waals surface area contributed by atoms with Crippen molar-refractivity contribution in [3.05, 3.63) is 51.4 Å². The molecule has 0 fully saturated rings. The van der Waals surface area contributed by atoms with Crippen molar-refractivity contribution in [3.63, 3.8) is 0 Å². The van der Waals surface area contributed by atoms with E-state index in [-0.39, 0.29) is 17.1 Å². The molecule has 0 radical (unpaired) electrons. The maximum atomic E-state index is 13.3. The quantitative estimate of drug-likeness (QED) is 0.424. The van der Waals surface area contributed by atoms with Crippen LogP contribution in [0.15, 0.2) is 45.6 Å². The fraction of sp³-hybridized carbons (Fsp3) is 0.375. The van der Waals surface area contributed by atoms with Gasteiger partial charge in [-0.2, -0.15) is 0 Å². The van der Waals surface area contributed by atoms with E-state index in [9.17, 15) is 14.7 Å². The highest BCUT2D eigenvalue weighted by molar-refractivity contribution is 7.18. The highest BCUT2D eigenvalue weighted by atomic mass is 32.1. The summed E-state index contributed by atoms with van der Waals surface area (Å²) in [6.07, 6.45) is 4.30. The monoisotopic (exact) mass is 463 g/mol. The van der Waals surface area contributed by atoms with E-state index in [2.05, 4.69) is 22.1 Å². The van der Waals surface area contributed by atoms with Crippen LogP contribution in [0.1, 0.15) is 43.7 Å². The summed E-state index contributed by atoms with van der Waals surface area (Å²) in [6.45, 7) is 6.31. The molecule has 1 aliphatic rings. The van der Waals surface area contributed by atoms with Crippen LogP contribution in [-0.2, 0) is 24.2 Å². The zero-order chi connectivity index (χ0) is 23.3. The second-order valence-electron chi connectivity index (χ2n) is 8.64. The first-order valence-corrected chi connectivity index (χ1v) is 12.0. The Morgan fingerprint density at radius 3 is 2.94 bits per heavy atom. The summed E-state index contributed by atoms with van der Waals surface area (Å²) in [4.78, 5) is 32.6. The summed E-state index contributed by atoms with van der Waals surface area (Å²) in [5.74, 6) is -0.0187. The minimum absolute atomic E-state index is 0.0396. The number of hydrogen-bond donors (Lipinski definition) is 1.